The lowest BCUT2D eigenvalue weighted by Gasteiger charge is -2.10. The van der Waals surface area contributed by atoms with Gasteiger partial charge in [0, 0.05) is 30.3 Å². The summed E-state index contributed by atoms with van der Waals surface area (Å²) in [6.45, 7) is 5.75. The van der Waals surface area contributed by atoms with Gasteiger partial charge < -0.3 is 11.1 Å². The number of fused-ring (bicyclic) bond motifs is 3. The number of nitrogen functional groups attached to an aromatic ring is 1. The number of carbonyl (C=O) groups is 1. The first kappa shape index (κ1) is 17.7. The first-order chi connectivity index (χ1) is 12.9. The fourth-order valence-corrected chi connectivity index (χ4v) is 4.56. The number of hydrogen-bond donors (Lipinski definition) is 2. The Bertz CT molecular complexity index is 1000. The van der Waals surface area contributed by atoms with E-state index in [1.165, 1.54) is 23.8 Å². The number of pyridine rings is 1. The van der Waals surface area contributed by atoms with Gasteiger partial charge in [-0.05, 0) is 45.2 Å². The lowest BCUT2D eigenvalue weighted by atomic mass is 10.0. The van der Waals surface area contributed by atoms with Crippen LogP contribution in [0, 0.1) is 0 Å². The zero-order chi connectivity index (χ0) is 19.1. The molecular weight excluding hydrogens is 360 g/mol. The molecule has 0 aliphatic heterocycles. The standard InChI is InChI=1S/C19H22N6OS/c1-10(2)25-17-13(16(24-25)12-7-8-15(20)21-9-12)5-4-6-14-18(17)27-19(23-14)22-11(3)26/h7-10H,4-6H2,1-3H3,(H2,20,21)(H,22,23,26). The van der Waals surface area contributed by atoms with Gasteiger partial charge in [0.05, 0.1) is 22.0 Å². The molecule has 8 heteroatoms. The molecule has 4 rings (SSSR count). The number of carbonyl (C=O) groups excluding carboxylic acids is 1. The number of thiazole rings is 1. The second kappa shape index (κ2) is 6.77. The number of anilines is 2. The molecular formula is C19H22N6OS. The normalized spacial score (nSPS) is 13.2. The maximum Gasteiger partial charge on any atom is 0.223 e. The number of aryl methyl sites for hydroxylation is 1. The first-order valence-electron chi connectivity index (χ1n) is 9.05. The van der Waals surface area contributed by atoms with Gasteiger partial charge in [-0.15, -0.1) is 0 Å². The van der Waals surface area contributed by atoms with Crippen LogP contribution in [0.4, 0.5) is 10.9 Å². The van der Waals surface area contributed by atoms with Crippen molar-refractivity contribution < 1.29 is 4.79 Å². The first-order valence-corrected chi connectivity index (χ1v) is 9.86. The zero-order valence-electron chi connectivity index (χ0n) is 15.6. The molecule has 7 nitrogen and oxygen atoms in total. The lowest BCUT2D eigenvalue weighted by molar-refractivity contribution is -0.114. The van der Waals surface area contributed by atoms with E-state index in [0.29, 0.717) is 10.9 Å². The smallest absolute Gasteiger partial charge is 0.223 e. The van der Waals surface area contributed by atoms with Crippen molar-refractivity contribution in [2.24, 2.45) is 0 Å². The number of nitrogens with two attached hydrogens (primary N) is 1. The Morgan fingerprint density at radius 1 is 1.33 bits per heavy atom. The van der Waals surface area contributed by atoms with Gasteiger partial charge >= 0.3 is 0 Å². The number of hydrogen-bond acceptors (Lipinski definition) is 6. The Balaban J connectivity index is 1.91. The summed E-state index contributed by atoms with van der Waals surface area (Å²) in [6.07, 6.45) is 4.59. The molecule has 1 aliphatic carbocycles. The molecule has 3 aromatic rings. The second-order valence-corrected chi connectivity index (χ2v) is 8.01. The van der Waals surface area contributed by atoms with Crippen molar-refractivity contribution in [3.8, 4) is 21.8 Å². The summed E-state index contributed by atoms with van der Waals surface area (Å²) in [4.78, 5) is 21.4. The van der Waals surface area contributed by atoms with Crippen molar-refractivity contribution in [3.05, 3.63) is 29.6 Å². The highest BCUT2D eigenvalue weighted by Crippen LogP contribution is 2.43. The zero-order valence-corrected chi connectivity index (χ0v) is 16.4. The highest BCUT2D eigenvalue weighted by atomic mass is 32.1. The van der Waals surface area contributed by atoms with Gasteiger partial charge in [-0.1, -0.05) is 11.3 Å². The molecule has 140 valence electrons. The number of rotatable bonds is 3. The predicted octanol–water partition coefficient (Wildman–Crippen LogP) is 3.68. The molecule has 3 N–H and O–H groups in total. The van der Waals surface area contributed by atoms with Crippen molar-refractivity contribution in [1.29, 1.82) is 0 Å². The fourth-order valence-electron chi connectivity index (χ4n) is 3.44. The van der Waals surface area contributed by atoms with Crippen LogP contribution in [0.2, 0.25) is 0 Å². The summed E-state index contributed by atoms with van der Waals surface area (Å²) >= 11 is 1.52. The molecule has 0 atom stereocenters. The Kier molecular flexibility index (Phi) is 4.43. The third-order valence-corrected chi connectivity index (χ3v) is 5.61. The number of amides is 1. The molecule has 0 radical (unpaired) electrons. The Morgan fingerprint density at radius 3 is 2.81 bits per heavy atom. The Labute approximate surface area is 161 Å². The maximum absolute atomic E-state index is 11.5. The van der Waals surface area contributed by atoms with Gasteiger partial charge in [0.25, 0.3) is 0 Å². The van der Waals surface area contributed by atoms with E-state index in [1.54, 1.807) is 12.3 Å². The van der Waals surface area contributed by atoms with Crippen molar-refractivity contribution in [2.75, 3.05) is 11.1 Å². The van der Waals surface area contributed by atoms with E-state index in [-0.39, 0.29) is 11.9 Å². The van der Waals surface area contributed by atoms with E-state index in [9.17, 15) is 4.79 Å². The maximum atomic E-state index is 11.5. The molecule has 3 heterocycles. The number of nitrogens with one attached hydrogen (secondary N) is 1. The van der Waals surface area contributed by atoms with Gasteiger partial charge in [-0.25, -0.2) is 9.97 Å². The third kappa shape index (κ3) is 3.21. The van der Waals surface area contributed by atoms with Crippen LogP contribution in [0.5, 0.6) is 0 Å². The summed E-state index contributed by atoms with van der Waals surface area (Å²) in [7, 11) is 0. The van der Waals surface area contributed by atoms with Gasteiger partial charge in [0.1, 0.15) is 5.82 Å². The van der Waals surface area contributed by atoms with Crippen LogP contribution in [-0.4, -0.2) is 25.7 Å². The van der Waals surface area contributed by atoms with E-state index in [4.69, 9.17) is 10.8 Å². The molecule has 0 unspecified atom stereocenters. The highest BCUT2D eigenvalue weighted by molar-refractivity contribution is 7.19. The summed E-state index contributed by atoms with van der Waals surface area (Å²) < 4.78 is 2.07. The minimum absolute atomic E-state index is 0.106. The van der Waals surface area contributed by atoms with Gasteiger partial charge in [-0.3, -0.25) is 9.48 Å². The molecule has 27 heavy (non-hydrogen) atoms. The fraction of sp³-hybridized carbons (Fsp3) is 0.368. The van der Waals surface area contributed by atoms with E-state index < -0.39 is 0 Å². The van der Waals surface area contributed by atoms with Crippen LogP contribution < -0.4 is 11.1 Å². The van der Waals surface area contributed by atoms with Gasteiger partial charge in [-0.2, -0.15) is 5.10 Å². The van der Waals surface area contributed by atoms with Gasteiger partial charge in [0.2, 0.25) is 5.91 Å². The second-order valence-electron chi connectivity index (χ2n) is 7.02. The van der Waals surface area contributed by atoms with Crippen LogP contribution in [-0.2, 0) is 17.6 Å². The van der Waals surface area contributed by atoms with Crippen molar-refractivity contribution in [1.82, 2.24) is 19.7 Å². The topological polar surface area (TPSA) is 98.7 Å². The monoisotopic (exact) mass is 382 g/mol. The Hall–Kier alpha value is -2.74. The van der Waals surface area contributed by atoms with E-state index in [1.807, 2.05) is 6.07 Å². The molecule has 0 saturated heterocycles. The molecule has 0 spiro atoms. The Morgan fingerprint density at radius 2 is 2.15 bits per heavy atom. The largest absolute Gasteiger partial charge is 0.384 e. The summed E-state index contributed by atoms with van der Waals surface area (Å²) in [5, 5.41) is 8.40. The van der Waals surface area contributed by atoms with Gasteiger partial charge in [0.15, 0.2) is 5.13 Å². The average Bonchev–Trinajstić information content (AvgIpc) is 3.12. The number of nitrogens with zero attached hydrogens (tertiary/aromatic N) is 4. The van der Waals surface area contributed by atoms with Crippen LogP contribution in [0.15, 0.2) is 18.3 Å². The average molecular weight is 382 g/mol. The van der Waals surface area contributed by atoms with E-state index in [0.717, 1.165) is 46.8 Å². The quantitative estimate of drug-likeness (QED) is 0.720. The van der Waals surface area contributed by atoms with E-state index >= 15 is 0 Å². The van der Waals surface area contributed by atoms with Crippen molar-refractivity contribution >= 4 is 28.2 Å². The minimum Gasteiger partial charge on any atom is -0.384 e. The van der Waals surface area contributed by atoms with E-state index in [2.05, 4.69) is 33.8 Å². The summed E-state index contributed by atoms with van der Waals surface area (Å²) in [6, 6.07) is 3.97. The highest BCUT2D eigenvalue weighted by Gasteiger charge is 2.28. The minimum atomic E-state index is -0.106. The molecule has 0 saturated carbocycles. The summed E-state index contributed by atoms with van der Waals surface area (Å²) in [5.41, 5.74) is 11.0. The lowest BCUT2D eigenvalue weighted by Crippen LogP contribution is -2.05. The molecule has 0 fully saturated rings. The third-order valence-electron chi connectivity index (χ3n) is 4.59. The van der Waals surface area contributed by atoms with Crippen LogP contribution in [0.25, 0.3) is 21.8 Å². The molecule has 1 amide bonds. The molecule has 1 aliphatic rings. The molecule has 0 bridgehead atoms. The van der Waals surface area contributed by atoms with Crippen LogP contribution >= 0.6 is 11.3 Å². The predicted molar refractivity (Wildman–Crippen MR) is 108 cm³/mol. The SMILES string of the molecule is CC(=O)Nc1nc2c(s1)-c1c(c(-c3ccc(N)nc3)nn1C(C)C)CCC2. The molecule has 0 aromatic carbocycles. The van der Waals surface area contributed by atoms with Crippen molar-refractivity contribution in [2.45, 2.75) is 46.1 Å². The van der Waals surface area contributed by atoms with Crippen LogP contribution in [0.1, 0.15) is 44.5 Å². The number of aromatic nitrogens is 4. The molecule has 3 aromatic heterocycles. The van der Waals surface area contributed by atoms with Crippen LogP contribution in [0.3, 0.4) is 0 Å². The van der Waals surface area contributed by atoms with Crippen molar-refractivity contribution in [3.63, 3.8) is 0 Å². The summed E-state index contributed by atoms with van der Waals surface area (Å²) in [5.74, 6) is 0.392.